The minimum Gasteiger partial charge on any atom is -0.478 e. The highest BCUT2D eigenvalue weighted by Gasteiger charge is 2.12. The van der Waals surface area contributed by atoms with Gasteiger partial charge in [-0.3, -0.25) is 5.10 Å². The number of pyridine rings is 1. The van der Waals surface area contributed by atoms with Crippen LogP contribution in [0.1, 0.15) is 16.1 Å². The van der Waals surface area contributed by atoms with Gasteiger partial charge in [0.1, 0.15) is 11.4 Å². The number of aromatic amines is 1. The van der Waals surface area contributed by atoms with E-state index in [-0.39, 0.29) is 5.82 Å². The van der Waals surface area contributed by atoms with E-state index in [0.29, 0.717) is 5.82 Å². The molecule has 0 radical (unpaired) electrons. The molecular formula is C10H9FN4O2. The molecule has 0 fully saturated rings. The highest BCUT2D eigenvalue weighted by Crippen LogP contribution is 2.16. The van der Waals surface area contributed by atoms with E-state index in [1.54, 1.807) is 6.07 Å². The highest BCUT2D eigenvalue weighted by molar-refractivity contribution is 5.88. The molecular weight excluding hydrogens is 227 g/mol. The third-order valence-electron chi connectivity index (χ3n) is 2.05. The van der Waals surface area contributed by atoms with Crippen molar-refractivity contribution in [2.24, 2.45) is 0 Å². The van der Waals surface area contributed by atoms with E-state index in [9.17, 15) is 9.18 Å². The van der Waals surface area contributed by atoms with Crippen molar-refractivity contribution in [3.63, 3.8) is 0 Å². The molecule has 0 aromatic carbocycles. The zero-order valence-electron chi connectivity index (χ0n) is 8.86. The molecule has 2 aromatic heterocycles. The average Bonchev–Trinajstić information content (AvgIpc) is 2.66. The molecule has 0 aliphatic carbocycles. The monoisotopic (exact) mass is 236 g/mol. The predicted molar refractivity (Wildman–Crippen MR) is 57.8 cm³/mol. The van der Waals surface area contributed by atoms with Crippen LogP contribution in [-0.4, -0.2) is 26.3 Å². The highest BCUT2D eigenvalue weighted by atomic mass is 19.1. The first-order valence-electron chi connectivity index (χ1n) is 4.74. The third kappa shape index (κ3) is 2.39. The molecule has 0 amide bonds. The van der Waals surface area contributed by atoms with Crippen LogP contribution < -0.4 is 5.32 Å². The number of nitrogens with one attached hydrogen (secondary N) is 2. The number of aryl methyl sites for hydroxylation is 1. The molecule has 17 heavy (non-hydrogen) atoms. The molecule has 0 unspecified atom stereocenters. The van der Waals surface area contributed by atoms with Crippen LogP contribution in [-0.2, 0) is 0 Å². The molecule has 2 aromatic rings. The second-order valence-corrected chi connectivity index (χ2v) is 3.42. The number of carboxylic acids is 1. The first-order valence-corrected chi connectivity index (χ1v) is 4.74. The topological polar surface area (TPSA) is 90.9 Å². The number of hydrogen-bond donors (Lipinski definition) is 3. The molecule has 3 N–H and O–H groups in total. The summed E-state index contributed by atoms with van der Waals surface area (Å²) >= 11 is 0. The number of aromatic carboxylic acids is 1. The van der Waals surface area contributed by atoms with Crippen molar-refractivity contribution < 1.29 is 14.3 Å². The van der Waals surface area contributed by atoms with Crippen LogP contribution in [0.4, 0.5) is 16.0 Å². The van der Waals surface area contributed by atoms with Gasteiger partial charge in [-0.15, -0.1) is 0 Å². The summed E-state index contributed by atoms with van der Waals surface area (Å²) in [6.45, 7) is 1.82. The normalized spacial score (nSPS) is 10.2. The fourth-order valence-corrected chi connectivity index (χ4v) is 1.28. The number of aromatic nitrogens is 3. The lowest BCUT2D eigenvalue weighted by Crippen LogP contribution is -2.03. The summed E-state index contributed by atoms with van der Waals surface area (Å²) in [5.74, 6) is -1.51. The van der Waals surface area contributed by atoms with Gasteiger partial charge in [0.25, 0.3) is 0 Å². The van der Waals surface area contributed by atoms with E-state index < -0.39 is 17.3 Å². The van der Waals surface area contributed by atoms with E-state index in [1.165, 1.54) is 0 Å². The van der Waals surface area contributed by atoms with Crippen molar-refractivity contribution >= 4 is 17.6 Å². The van der Waals surface area contributed by atoms with Gasteiger partial charge < -0.3 is 10.4 Å². The van der Waals surface area contributed by atoms with Crippen molar-refractivity contribution in [2.45, 2.75) is 6.92 Å². The number of hydrogen-bond acceptors (Lipinski definition) is 4. The summed E-state index contributed by atoms with van der Waals surface area (Å²) in [5, 5.41) is 18.1. The maximum atomic E-state index is 13.1. The standard InChI is InChI=1S/C10H9FN4O2/c1-5-2-9(15-14-5)13-8-3-6(10(16)17)7(11)4-12-8/h2-4H,1H3,(H,16,17)(H2,12,13,14,15). The molecule has 0 saturated heterocycles. The predicted octanol–water partition coefficient (Wildman–Crippen LogP) is 1.69. The average molecular weight is 236 g/mol. The Hall–Kier alpha value is -2.44. The zero-order chi connectivity index (χ0) is 12.4. The van der Waals surface area contributed by atoms with Crippen LogP contribution in [0.3, 0.4) is 0 Å². The third-order valence-corrected chi connectivity index (χ3v) is 2.05. The lowest BCUT2D eigenvalue weighted by Gasteiger charge is -2.03. The van der Waals surface area contributed by atoms with E-state index in [1.807, 2.05) is 6.92 Å². The van der Waals surface area contributed by atoms with Gasteiger partial charge in [-0.05, 0) is 13.0 Å². The van der Waals surface area contributed by atoms with Crippen molar-refractivity contribution in [1.29, 1.82) is 0 Å². The second-order valence-electron chi connectivity index (χ2n) is 3.42. The van der Waals surface area contributed by atoms with Gasteiger partial charge in [0.2, 0.25) is 0 Å². The quantitative estimate of drug-likeness (QED) is 0.754. The Labute approximate surface area is 95.5 Å². The Balaban J connectivity index is 2.28. The molecule has 0 spiro atoms. The van der Waals surface area contributed by atoms with E-state index in [0.717, 1.165) is 18.0 Å². The minimum atomic E-state index is -1.34. The SMILES string of the molecule is Cc1cc(Nc2cc(C(=O)O)c(F)cn2)n[nH]1. The number of halogens is 1. The molecule has 6 nitrogen and oxygen atoms in total. The van der Waals surface area contributed by atoms with Gasteiger partial charge in [0, 0.05) is 11.8 Å². The first kappa shape index (κ1) is 11.1. The molecule has 0 aliphatic rings. The minimum absolute atomic E-state index is 0.218. The van der Waals surface area contributed by atoms with Crippen molar-refractivity contribution in [3.8, 4) is 0 Å². The number of carbonyl (C=O) groups is 1. The number of nitrogens with zero attached hydrogens (tertiary/aromatic N) is 2. The summed E-state index contributed by atoms with van der Waals surface area (Å²) < 4.78 is 13.1. The smallest absolute Gasteiger partial charge is 0.338 e. The molecule has 2 heterocycles. The number of carboxylic acid groups (broad SMARTS) is 1. The first-order chi connectivity index (χ1) is 8.06. The maximum absolute atomic E-state index is 13.1. The Morgan fingerprint density at radius 2 is 2.24 bits per heavy atom. The molecule has 7 heteroatoms. The van der Waals surface area contributed by atoms with E-state index >= 15 is 0 Å². The van der Waals surface area contributed by atoms with Crippen LogP contribution in [0.25, 0.3) is 0 Å². The van der Waals surface area contributed by atoms with Gasteiger partial charge in [-0.25, -0.2) is 14.2 Å². The molecule has 0 saturated carbocycles. The van der Waals surface area contributed by atoms with E-state index in [2.05, 4.69) is 20.5 Å². The van der Waals surface area contributed by atoms with Gasteiger partial charge in [0.05, 0.1) is 6.20 Å². The van der Waals surface area contributed by atoms with Crippen LogP contribution in [0.15, 0.2) is 18.3 Å². The summed E-state index contributed by atoms with van der Waals surface area (Å²) in [6, 6.07) is 2.83. The Morgan fingerprint density at radius 3 is 2.82 bits per heavy atom. The van der Waals surface area contributed by atoms with Gasteiger partial charge in [-0.1, -0.05) is 0 Å². The van der Waals surface area contributed by atoms with Crippen LogP contribution in [0, 0.1) is 12.7 Å². The van der Waals surface area contributed by atoms with Crippen molar-refractivity contribution in [3.05, 3.63) is 35.4 Å². The van der Waals surface area contributed by atoms with Crippen LogP contribution >= 0.6 is 0 Å². The Bertz CT molecular complexity index is 567. The van der Waals surface area contributed by atoms with Crippen LogP contribution in [0.2, 0.25) is 0 Å². The Morgan fingerprint density at radius 1 is 1.47 bits per heavy atom. The lowest BCUT2D eigenvalue weighted by atomic mass is 10.2. The molecule has 2 rings (SSSR count). The zero-order valence-corrected chi connectivity index (χ0v) is 8.86. The molecule has 0 atom stereocenters. The van der Waals surface area contributed by atoms with Crippen LogP contribution in [0.5, 0.6) is 0 Å². The molecule has 88 valence electrons. The summed E-state index contributed by atoms with van der Waals surface area (Å²) in [7, 11) is 0. The number of H-pyrrole nitrogens is 1. The summed E-state index contributed by atoms with van der Waals surface area (Å²) in [4.78, 5) is 14.4. The number of rotatable bonds is 3. The van der Waals surface area contributed by atoms with E-state index in [4.69, 9.17) is 5.11 Å². The number of anilines is 2. The Kier molecular flexibility index (Phi) is 2.73. The maximum Gasteiger partial charge on any atom is 0.338 e. The fraction of sp³-hybridized carbons (Fsp3) is 0.100. The second kappa shape index (κ2) is 4.20. The van der Waals surface area contributed by atoms with Gasteiger partial charge >= 0.3 is 5.97 Å². The summed E-state index contributed by atoms with van der Waals surface area (Å²) in [6.07, 6.45) is 0.852. The summed E-state index contributed by atoms with van der Waals surface area (Å²) in [5.41, 5.74) is 0.405. The van der Waals surface area contributed by atoms with Gasteiger partial charge in [0.15, 0.2) is 11.6 Å². The fourth-order valence-electron chi connectivity index (χ4n) is 1.28. The van der Waals surface area contributed by atoms with Crippen molar-refractivity contribution in [2.75, 3.05) is 5.32 Å². The van der Waals surface area contributed by atoms with Gasteiger partial charge in [-0.2, -0.15) is 5.10 Å². The largest absolute Gasteiger partial charge is 0.478 e. The lowest BCUT2D eigenvalue weighted by molar-refractivity contribution is 0.0691. The molecule has 0 bridgehead atoms. The molecule has 0 aliphatic heterocycles. The van der Waals surface area contributed by atoms with Crippen molar-refractivity contribution in [1.82, 2.24) is 15.2 Å².